The third-order valence-corrected chi connectivity index (χ3v) is 11.0. The smallest absolute Gasteiger partial charge is 0.323 e. The minimum Gasteiger partial charge on any atom is -0.372 e. The molecule has 16 heteroatoms. The van der Waals surface area contributed by atoms with Gasteiger partial charge in [-0.3, -0.25) is 14.1 Å². The third kappa shape index (κ3) is 7.43. The van der Waals surface area contributed by atoms with E-state index < -0.39 is 46.1 Å². The minimum absolute atomic E-state index is 0.0246. The standard InChI is InChI=1S/C36H40F3N7O5S/c1-22(47)51-45-13-2-3-25(19-42-45)24-10-14-43(15-11-24)28-6-4-23(5-7-28)26-17-29-30(20-41-36(29)40-18-26)35(48)33-31(38)8-9-32(34(33)39)46(52(49)50)44-16-12-27(37)21-44/h4-9,17-18,20,24-25,27,42H,2-3,10-16,19,21H2,1H3,(H,40,41)(H,49,50)/t25-,27?/m0/s1. The number of aromatic nitrogens is 2. The first-order valence-corrected chi connectivity index (χ1v) is 18.5. The van der Waals surface area contributed by atoms with E-state index in [9.17, 15) is 22.7 Å². The van der Waals surface area contributed by atoms with Crippen LogP contribution < -0.4 is 14.7 Å². The van der Waals surface area contributed by atoms with Gasteiger partial charge in [0.1, 0.15) is 23.3 Å². The molecule has 12 nitrogen and oxygen atoms in total. The van der Waals surface area contributed by atoms with Crippen molar-refractivity contribution in [2.45, 2.75) is 45.2 Å². The van der Waals surface area contributed by atoms with E-state index in [1.807, 2.05) is 24.3 Å². The average Bonchev–Trinajstić information content (AvgIpc) is 3.68. The van der Waals surface area contributed by atoms with E-state index in [0.29, 0.717) is 39.4 Å². The fourth-order valence-corrected chi connectivity index (χ4v) is 8.26. The molecule has 52 heavy (non-hydrogen) atoms. The molecule has 276 valence electrons. The van der Waals surface area contributed by atoms with Crippen LogP contribution in [0, 0.1) is 23.5 Å². The Morgan fingerprint density at radius 1 is 1.00 bits per heavy atom. The van der Waals surface area contributed by atoms with E-state index in [4.69, 9.17) is 4.84 Å². The van der Waals surface area contributed by atoms with Gasteiger partial charge in [-0.05, 0) is 79.8 Å². The van der Waals surface area contributed by atoms with Crippen LogP contribution in [0.1, 0.15) is 54.9 Å². The zero-order valence-electron chi connectivity index (χ0n) is 28.6. The number of benzene rings is 2. The fraction of sp³-hybridized carbons (Fsp3) is 0.417. The molecule has 3 saturated heterocycles. The number of H-pyrrole nitrogens is 1. The number of hydrogen-bond donors (Lipinski definition) is 3. The van der Waals surface area contributed by atoms with Crippen LogP contribution in [0.15, 0.2) is 54.9 Å². The van der Waals surface area contributed by atoms with Crippen LogP contribution >= 0.6 is 0 Å². The van der Waals surface area contributed by atoms with Crippen LogP contribution in [0.2, 0.25) is 0 Å². The van der Waals surface area contributed by atoms with Gasteiger partial charge in [0.25, 0.3) is 11.3 Å². The Hall–Kier alpha value is -4.35. The number of anilines is 2. The van der Waals surface area contributed by atoms with Crippen molar-refractivity contribution in [2.24, 2.45) is 11.8 Å². The first-order valence-electron chi connectivity index (χ1n) is 17.4. The molecule has 5 heterocycles. The van der Waals surface area contributed by atoms with Gasteiger partial charge in [-0.15, -0.1) is 0 Å². The quantitative estimate of drug-likeness (QED) is 0.148. The number of aromatic amines is 1. The van der Waals surface area contributed by atoms with Crippen molar-refractivity contribution in [3.8, 4) is 11.1 Å². The Bertz CT molecular complexity index is 1970. The Kier molecular flexibility index (Phi) is 10.6. The number of hydroxylamine groups is 1. The molecule has 3 aliphatic heterocycles. The number of alkyl halides is 1. The summed E-state index contributed by atoms with van der Waals surface area (Å²) in [5.74, 6) is -2.69. The van der Waals surface area contributed by atoms with E-state index in [2.05, 4.69) is 20.3 Å². The van der Waals surface area contributed by atoms with Crippen molar-refractivity contribution in [3.63, 3.8) is 0 Å². The lowest BCUT2D eigenvalue weighted by Gasteiger charge is -2.37. The molecular formula is C36H40F3N7O5S. The maximum Gasteiger partial charge on any atom is 0.323 e. The third-order valence-electron chi connectivity index (χ3n) is 10.3. The molecule has 2 unspecified atom stereocenters. The normalized spacial score (nSPS) is 21.3. The molecule has 0 bridgehead atoms. The van der Waals surface area contributed by atoms with Gasteiger partial charge in [0, 0.05) is 67.7 Å². The van der Waals surface area contributed by atoms with E-state index >= 15 is 8.78 Å². The highest BCUT2D eigenvalue weighted by Crippen LogP contribution is 2.35. The molecule has 2 aromatic carbocycles. The number of nitrogens with zero attached hydrogens (tertiary/aromatic N) is 5. The summed E-state index contributed by atoms with van der Waals surface area (Å²) in [6, 6.07) is 11.6. The van der Waals surface area contributed by atoms with Gasteiger partial charge < -0.3 is 14.7 Å². The molecule has 0 amide bonds. The number of fused-ring (bicyclic) bond motifs is 1. The number of ketones is 1. The Morgan fingerprint density at radius 2 is 1.77 bits per heavy atom. The van der Waals surface area contributed by atoms with Crippen molar-refractivity contribution in [3.05, 3.63) is 77.6 Å². The molecule has 0 saturated carbocycles. The lowest BCUT2D eigenvalue weighted by molar-refractivity contribution is -0.203. The number of pyridine rings is 1. The second kappa shape index (κ2) is 15.3. The zero-order valence-corrected chi connectivity index (χ0v) is 29.4. The molecule has 3 fully saturated rings. The molecule has 3 aliphatic rings. The monoisotopic (exact) mass is 739 g/mol. The van der Waals surface area contributed by atoms with E-state index in [0.717, 1.165) is 68.7 Å². The summed E-state index contributed by atoms with van der Waals surface area (Å²) in [7, 11) is 0. The Morgan fingerprint density at radius 3 is 2.46 bits per heavy atom. The molecule has 2 aromatic heterocycles. The lowest BCUT2D eigenvalue weighted by Crippen LogP contribution is -2.43. The first kappa shape index (κ1) is 36.0. The van der Waals surface area contributed by atoms with Crippen LogP contribution in [0.4, 0.5) is 24.5 Å². The molecule has 0 radical (unpaired) electrons. The predicted octanol–water partition coefficient (Wildman–Crippen LogP) is 5.55. The maximum absolute atomic E-state index is 15.9. The van der Waals surface area contributed by atoms with Gasteiger partial charge in [-0.1, -0.05) is 17.3 Å². The second-order valence-corrected chi connectivity index (χ2v) is 14.3. The van der Waals surface area contributed by atoms with E-state index in [1.165, 1.54) is 18.1 Å². The number of halogens is 3. The Balaban J connectivity index is 1.06. The van der Waals surface area contributed by atoms with Crippen LogP contribution in [0.3, 0.4) is 0 Å². The van der Waals surface area contributed by atoms with Crippen LogP contribution in [0.5, 0.6) is 0 Å². The highest BCUT2D eigenvalue weighted by molar-refractivity contribution is 7.80. The average molecular weight is 740 g/mol. The van der Waals surface area contributed by atoms with Crippen molar-refractivity contribution in [1.82, 2.24) is 25.6 Å². The van der Waals surface area contributed by atoms with Gasteiger partial charge in [0.05, 0.1) is 18.7 Å². The topological polar surface area (TPSA) is 134 Å². The highest BCUT2D eigenvalue weighted by Gasteiger charge is 2.34. The van der Waals surface area contributed by atoms with Crippen molar-refractivity contribution in [1.29, 1.82) is 0 Å². The summed E-state index contributed by atoms with van der Waals surface area (Å²) >= 11 is -2.81. The largest absolute Gasteiger partial charge is 0.372 e. The van der Waals surface area contributed by atoms with Gasteiger partial charge in [0.2, 0.25) is 5.78 Å². The fourth-order valence-electron chi connectivity index (χ4n) is 7.61. The summed E-state index contributed by atoms with van der Waals surface area (Å²) in [5, 5.41) is 3.07. The second-order valence-electron chi connectivity index (χ2n) is 13.5. The van der Waals surface area contributed by atoms with Crippen molar-refractivity contribution < 1.29 is 36.4 Å². The summed E-state index contributed by atoms with van der Waals surface area (Å²) in [6.45, 7) is 4.49. The summed E-state index contributed by atoms with van der Waals surface area (Å²) < 4.78 is 67.8. The van der Waals surface area contributed by atoms with Crippen LogP contribution in [-0.4, -0.2) is 86.1 Å². The first-order chi connectivity index (χ1) is 25.1. The number of rotatable bonds is 9. The molecule has 3 N–H and O–H groups in total. The number of carbonyl (C=O) groups excluding carboxylic acids is 2. The van der Waals surface area contributed by atoms with Gasteiger partial charge in [-0.25, -0.2) is 32.8 Å². The van der Waals surface area contributed by atoms with Crippen LogP contribution in [-0.2, 0) is 20.9 Å². The lowest BCUT2D eigenvalue weighted by atomic mass is 9.81. The summed E-state index contributed by atoms with van der Waals surface area (Å²) in [4.78, 5) is 40.0. The molecule has 0 aliphatic carbocycles. The molecular weight excluding hydrogens is 700 g/mol. The zero-order chi connectivity index (χ0) is 36.5. The molecule has 4 aromatic rings. The van der Waals surface area contributed by atoms with E-state index in [1.54, 1.807) is 17.4 Å². The number of carbonyl (C=O) groups is 2. The highest BCUT2D eigenvalue weighted by atomic mass is 32.2. The Labute approximate surface area is 301 Å². The number of hydrazine groups is 2. The van der Waals surface area contributed by atoms with E-state index in [-0.39, 0.29) is 31.0 Å². The predicted molar refractivity (Wildman–Crippen MR) is 190 cm³/mol. The summed E-state index contributed by atoms with van der Waals surface area (Å²) in [6.07, 6.45) is 5.94. The SMILES string of the molecule is CC(=O)ON1CCC[C@H](C2CCN(c3ccc(-c4cnc5[nH]cc(C(=O)c6c(F)ccc(N(N7CCC(F)C7)S(=O)O)c6F)c5c4)cc3)CC2)CN1. The van der Waals surface area contributed by atoms with Gasteiger partial charge in [-0.2, -0.15) is 4.41 Å². The molecule has 3 atom stereocenters. The van der Waals surface area contributed by atoms with Crippen molar-refractivity contribution >= 4 is 45.4 Å². The van der Waals surface area contributed by atoms with Crippen molar-refractivity contribution in [2.75, 3.05) is 48.6 Å². The van der Waals surface area contributed by atoms with Gasteiger partial charge in [0.15, 0.2) is 5.82 Å². The number of hydrogen-bond acceptors (Lipinski definition) is 9. The number of piperidine rings is 1. The maximum atomic E-state index is 15.9. The van der Waals surface area contributed by atoms with Gasteiger partial charge >= 0.3 is 5.97 Å². The molecule has 0 spiro atoms. The summed E-state index contributed by atoms with van der Waals surface area (Å²) in [5.41, 5.74) is 4.79. The van der Waals surface area contributed by atoms with Crippen LogP contribution in [0.25, 0.3) is 22.2 Å². The minimum atomic E-state index is -2.81. The molecule has 7 rings (SSSR count). The number of nitrogens with one attached hydrogen (secondary N) is 2.